The smallest absolute Gasteiger partial charge is 0.263 e. The molecule has 0 bridgehead atoms. The number of aryl methyl sites for hydroxylation is 2. The number of rotatable bonds is 5. The van der Waals surface area contributed by atoms with E-state index in [9.17, 15) is 14.4 Å². The Balaban J connectivity index is 1.32. The third-order valence-corrected chi connectivity index (χ3v) is 7.82. The fourth-order valence-electron chi connectivity index (χ4n) is 5.76. The molecule has 186 valence electrons. The van der Waals surface area contributed by atoms with E-state index in [1.165, 1.54) is 4.90 Å². The van der Waals surface area contributed by atoms with Crippen LogP contribution in [0.1, 0.15) is 64.7 Å². The highest BCUT2D eigenvalue weighted by Gasteiger charge is 2.39. The Morgan fingerprint density at radius 3 is 2.51 bits per heavy atom. The Labute approximate surface area is 206 Å². The number of aromatic nitrogens is 2. The van der Waals surface area contributed by atoms with Gasteiger partial charge in [0.1, 0.15) is 0 Å². The number of benzene rings is 1. The van der Waals surface area contributed by atoms with Crippen LogP contribution in [0, 0.1) is 25.7 Å². The van der Waals surface area contributed by atoms with Crippen LogP contribution in [0.2, 0.25) is 0 Å². The number of fused-ring (bicyclic) bond motifs is 1. The van der Waals surface area contributed by atoms with Gasteiger partial charge in [0.25, 0.3) is 11.8 Å². The van der Waals surface area contributed by atoms with Crippen molar-refractivity contribution in [2.75, 3.05) is 37.6 Å². The van der Waals surface area contributed by atoms with Crippen molar-refractivity contribution in [2.45, 2.75) is 53.0 Å². The Hall–Kier alpha value is -3.16. The summed E-state index contributed by atoms with van der Waals surface area (Å²) in [7, 11) is 0. The minimum absolute atomic E-state index is 0.0673. The van der Waals surface area contributed by atoms with Gasteiger partial charge in [0.2, 0.25) is 5.91 Å². The summed E-state index contributed by atoms with van der Waals surface area (Å²) >= 11 is 0. The SMILES string of the molecule is Cc1cc(C)n(CCN2C(=O)c3cccc(N4CCC[C@H](C(=O)N5CCC(C)CC5)C4)c3C2=O)n1. The maximum atomic E-state index is 13.4. The number of likely N-dealkylation sites (tertiary alicyclic amines) is 1. The van der Waals surface area contributed by atoms with Crippen molar-refractivity contribution in [1.29, 1.82) is 0 Å². The van der Waals surface area contributed by atoms with Crippen molar-refractivity contribution in [3.8, 4) is 0 Å². The van der Waals surface area contributed by atoms with Gasteiger partial charge in [-0.1, -0.05) is 13.0 Å². The second kappa shape index (κ2) is 9.47. The number of hydrogen-bond acceptors (Lipinski definition) is 5. The quantitative estimate of drug-likeness (QED) is 0.618. The minimum atomic E-state index is -0.250. The first kappa shape index (κ1) is 23.6. The first-order chi connectivity index (χ1) is 16.8. The van der Waals surface area contributed by atoms with Crippen LogP contribution in [0.15, 0.2) is 24.3 Å². The highest BCUT2D eigenvalue weighted by molar-refractivity contribution is 6.23. The molecule has 2 aromatic rings. The topological polar surface area (TPSA) is 78.8 Å². The molecule has 0 N–H and O–H groups in total. The van der Waals surface area contributed by atoms with E-state index in [1.807, 2.05) is 41.6 Å². The molecule has 0 saturated carbocycles. The first-order valence-electron chi connectivity index (χ1n) is 12.9. The van der Waals surface area contributed by atoms with E-state index in [-0.39, 0.29) is 30.2 Å². The molecule has 3 aliphatic heterocycles. The van der Waals surface area contributed by atoms with Crippen LogP contribution < -0.4 is 4.90 Å². The lowest BCUT2D eigenvalue weighted by molar-refractivity contribution is -0.137. The summed E-state index contributed by atoms with van der Waals surface area (Å²) in [5.74, 6) is 0.355. The first-order valence-corrected chi connectivity index (χ1v) is 12.9. The minimum Gasteiger partial charge on any atom is -0.370 e. The Bertz CT molecular complexity index is 1150. The highest BCUT2D eigenvalue weighted by Crippen LogP contribution is 2.34. The number of imide groups is 1. The van der Waals surface area contributed by atoms with E-state index in [2.05, 4.69) is 16.9 Å². The number of hydrogen-bond donors (Lipinski definition) is 0. The zero-order chi connectivity index (χ0) is 24.7. The van der Waals surface area contributed by atoms with Crippen molar-refractivity contribution in [1.82, 2.24) is 19.6 Å². The van der Waals surface area contributed by atoms with Crippen molar-refractivity contribution in [2.24, 2.45) is 11.8 Å². The molecule has 0 unspecified atom stereocenters. The summed E-state index contributed by atoms with van der Waals surface area (Å²) in [6.45, 7) is 9.96. The number of anilines is 1. The predicted molar refractivity (Wildman–Crippen MR) is 133 cm³/mol. The van der Waals surface area contributed by atoms with Gasteiger partial charge in [0.05, 0.1) is 35.0 Å². The summed E-state index contributed by atoms with van der Waals surface area (Å²) in [6.07, 6.45) is 3.91. The highest BCUT2D eigenvalue weighted by atomic mass is 16.2. The van der Waals surface area contributed by atoms with Crippen LogP contribution in [0.3, 0.4) is 0 Å². The lowest BCUT2D eigenvalue weighted by Gasteiger charge is -2.38. The second-order valence-corrected chi connectivity index (χ2v) is 10.4. The zero-order valence-electron chi connectivity index (χ0n) is 21.0. The van der Waals surface area contributed by atoms with Crippen molar-refractivity contribution >= 4 is 23.4 Å². The third kappa shape index (κ3) is 4.46. The normalized spacial score (nSPS) is 21.1. The molecule has 35 heavy (non-hydrogen) atoms. The molecule has 0 aliphatic carbocycles. The van der Waals surface area contributed by atoms with E-state index < -0.39 is 0 Å². The predicted octanol–water partition coefficient (Wildman–Crippen LogP) is 3.27. The number of carbonyl (C=O) groups excluding carboxylic acids is 3. The van der Waals surface area contributed by atoms with Crippen molar-refractivity contribution < 1.29 is 14.4 Å². The van der Waals surface area contributed by atoms with Crippen LogP contribution in [0.25, 0.3) is 0 Å². The molecular weight excluding hydrogens is 442 g/mol. The third-order valence-electron chi connectivity index (χ3n) is 7.82. The molecule has 1 atom stereocenters. The summed E-state index contributed by atoms with van der Waals surface area (Å²) in [6, 6.07) is 7.49. The zero-order valence-corrected chi connectivity index (χ0v) is 21.0. The van der Waals surface area contributed by atoms with E-state index >= 15 is 0 Å². The van der Waals surface area contributed by atoms with Crippen LogP contribution in [-0.2, 0) is 11.3 Å². The summed E-state index contributed by atoms with van der Waals surface area (Å²) in [4.78, 5) is 45.4. The fraction of sp³-hybridized carbons (Fsp3) is 0.556. The van der Waals surface area contributed by atoms with Gasteiger partial charge in [-0.05, 0) is 63.6 Å². The van der Waals surface area contributed by atoms with E-state index in [0.29, 0.717) is 30.1 Å². The Morgan fingerprint density at radius 1 is 1.03 bits per heavy atom. The van der Waals surface area contributed by atoms with E-state index in [1.54, 1.807) is 6.07 Å². The van der Waals surface area contributed by atoms with Gasteiger partial charge in [-0.25, -0.2) is 0 Å². The van der Waals surface area contributed by atoms with Crippen LogP contribution in [-0.4, -0.2) is 70.0 Å². The molecule has 3 amide bonds. The van der Waals surface area contributed by atoms with Gasteiger partial charge < -0.3 is 9.80 Å². The fourth-order valence-corrected chi connectivity index (χ4v) is 5.76. The van der Waals surface area contributed by atoms with Crippen LogP contribution in [0.5, 0.6) is 0 Å². The summed E-state index contributed by atoms with van der Waals surface area (Å²) in [5.41, 5.74) is 3.64. The van der Waals surface area contributed by atoms with Crippen LogP contribution >= 0.6 is 0 Å². The maximum absolute atomic E-state index is 13.4. The molecule has 2 saturated heterocycles. The van der Waals surface area contributed by atoms with Gasteiger partial charge in [0.15, 0.2) is 0 Å². The Morgan fingerprint density at radius 2 is 1.80 bits per heavy atom. The average molecular weight is 478 g/mol. The van der Waals surface area contributed by atoms with Gasteiger partial charge in [-0.15, -0.1) is 0 Å². The van der Waals surface area contributed by atoms with Gasteiger partial charge >= 0.3 is 0 Å². The van der Waals surface area contributed by atoms with Crippen molar-refractivity contribution in [3.63, 3.8) is 0 Å². The number of nitrogens with zero attached hydrogens (tertiary/aromatic N) is 5. The number of piperidine rings is 2. The average Bonchev–Trinajstić information content (AvgIpc) is 3.31. The monoisotopic (exact) mass is 477 g/mol. The summed E-state index contributed by atoms with van der Waals surface area (Å²) < 4.78 is 1.84. The number of amides is 3. The van der Waals surface area contributed by atoms with Gasteiger partial charge in [-0.2, -0.15) is 5.10 Å². The molecule has 8 heteroatoms. The Kier molecular flexibility index (Phi) is 6.38. The molecule has 0 radical (unpaired) electrons. The maximum Gasteiger partial charge on any atom is 0.263 e. The molecule has 2 fully saturated rings. The molecule has 1 aromatic heterocycles. The molecule has 4 heterocycles. The summed E-state index contributed by atoms with van der Waals surface area (Å²) in [5, 5.41) is 4.45. The lowest BCUT2D eigenvalue weighted by Crippen LogP contribution is -2.47. The van der Waals surface area contributed by atoms with Gasteiger partial charge in [-0.3, -0.25) is 24.0 Å². The molecule has 5 rings (SSSR count). The second-order valence-electron chi connectivity index (χ2n) is 10.4. The molecule has 3 aliphatic rings. The molecular formula is C27H35N5O3. The molecule has 8 nitrogen and oxygen atoms in total. The molecule has 0 spiro atoms. The lowest BCUT2D eigenvalue weighted by atomic mass is 9.92. The van der Waals surface area contributed by atoms with E-state index in [0.717, 1.165) is 62.4 Å². The largest absolute Gasteiger partial charge is 0.370 e. The standard InChI is InChI=1S/C27H35N5O3/c1-18-9-12-29(13-10-18)25(33)21-6-5-11-30(17-21)23-8-4-7-22-24(23)27(35)31(26(22)34)14-15-32-20(3)16-19(2)28-32/h4,7-8,16,18,21H,5-6,9-15,17H2,1-3H3/t21-/m0/s1. The van der Waals surface area contributed by atoms with Crippen LogP contribution in [0.4, 0.5) is 5.69 Å². The van der Waals surface area contributed by atoms with Crippen molar-refractivity contribution in [3.05, 3.63) is 46.8 Å². The molecule has 1 aromatic carbocycles. The van der Waals surface area contributed by atoms with E-state index in [4.69, 9.17) is 0 Å². The number of carbonyl (C=O) groups is 3. The van der Waals surface area contributed by atoms with Gasteiger partial charge in [0, 0.05) is 38.4 Å².